The van der Waals surface area contributed by atoms with E-state index in [4.69, 9.17) is 5.73 Å². The molecule has 1 saturated heterocycles. The summed E-state index contributed by atoms with van der Waals surface area (Å²) in [4.78, 5) is 2.18. The maximum absolute atomic E-state index is 13.2. The summed E-state index contributed by atoms with van der Waals surface area (Å²) in [5.74, 6) is -3.65. The van der Waals surface area contributed by atoms with Gasteiger partial charge in [-0.2, -0.15) is 0 Å². The molecule has 0 aromatic heterocycles. The molecule has 1 fully saturated rings. The van der Waals surface area contributed by atoms with Crippen LogP contribution >= 0.6 is 0 Å². The van der Waals surface area contributed by atoms with Crippen molar-refractivity contribution in [2.24, 2.45) is 5.73 Å². The second-order valence-electron chi connectivity index (χ2n) is 5.07. The van der Waals surface area contributed by atoms with E-state index in [1.165, 1.54) is 0 Å². The molecule has 1 aliphatic rings. The van der Waals surface area contributed by atoms with E-state index >= 15 is 0 Å². The van der Waals surface area contributed by atoms with E-state index in [2.05, 4.69) is 4.90 Å². The summed E-state index contributed by atoms with van der Waals surface area (Å²) in [6.45, 7) is 1.94. The minimum absolute atomic E-state index is 0.356. The summed E-state index contributed by atoms with van der Waals surface area (Å²) in [6, 6.07) is 2.51. The largest absolute Gasteiger partial charge is 0.330 e. The fourth-order valence-electron chi connectivity index (χ4n) is 2.72. The average molecular weight is 272 g/mol. The Balaban J connectivity index is 2.10. The van der Waals surface area contributed by atoms with Crippen molar-refractivity contribution in [3.63, 3.8) is 0 Å². The van der Waals surface area contributed by atoms with Gasteiger partial charge < -0.3 is 5.73 Å². The van der Waals surface area contributed by atoms with Crippen molar-refractivity contribution < 1.29 is 13.2 Å². The van der Waals surface area contributed by atoms with E-state index in [1.807, 2.05) is 0 Å². The molecule has 0 saturated carbocycles. The van der Waals surface area contributed by atoms with Gasteiger partial charge in [0.2, 0.25) is 0 Å². The first kappa shape index (κ1) is 14.3. The summed E-state index contributed by atoms with van der Waals surface area (Å²) in [6.07, 6.45) is 4.18. The Hall–Kier alpha value is -1.07. The van der Waals surface area contributed by atoms with Gasteiger partial charge in [-0.1, -0.05) is 6.42 Å². The van der Waals surface area contributed by atoms with Gasteiger partial charge in [0, 0.05) is 12.6 Å². The third kappa shape index (κ3) is 3.48. The molecule has 1 heterocycles. The SMILES string of the molecule is NCCC1CCCCN1Cc1cc(F)c(F)c(F)c1. The van der Waals surface area contributed by atoms with E-state index in [1.54, 1.807) is 0 Å². The predicted molar refractivity (Wildman–Crippen MR) is 68.0 cm³/mol. The van der Waals surface area contributed by atoms with Gasteiger partial charge in [-0.3, -0.25) is 4.90 Å². The van der Waals surface area contributed by atoms with Gasteiger partial charge in [0.15, 0.2) is 17.5 Å². The highest BCUT2D eigenvalue weighted by Gasteiger charge is 2.22. The van der Waals surface area contributed by atoms with Gasteiger partial charge in [-0.05, 0) is 50.0 Å². The fraction of sp³-hybridized carbons (Fsp3) is 0.571. The standard InChI is InChI=1S/C14H19F3N2/c15-12-7-10(8-13(16)14(12)17)9-19-6-2-1-3-11(19)4-5-18/h7-8,11H,1-6,9,18H2. The lowest BCUT2D eigenvalue weighted by molar-refractivity contribution is 0.133. The van der Waals surface area contributed by atoms with Crippen LogP contribution in [0.4, 0.5) is 13.2 Å². The molecule has 0 bridgehead atoms. The van der Waals surface area contributed by atoms with Crippen LogP contribution in [0, 0.1) is 17.5 Å². The highest BCUT2D eigenvalue weighted by Crippen LogP contribution is 2.23. The van der Waals surface area contributed by atoms with Gasteiger partial charge in [-0.25, -0.2) is 13.2 Å². The summed E-state index contributed by atoms with van der Waals surface area (Å²) >= 11 is 0. The van der Waals surface area contributed by atoms with E-state index in [0.29, 0.717) is 24.7 Å². The number of piperidine rings is 1. The Kier molecular flexibility index (Phi) is 4.82. The van der Waals surface area contributed by atoms with E-state index in [0.717, 1.165) is 44.4 Å². The molecule has 0 radical (unpaired) electrons. The molecule has 0 aliphatic carbocycles. The highest BCUT2D eigenvalue weighted by molar-refractivity contribution is 5.19. The lowest BCUT2D eigenvalue weighted by Gasteiger charge is -2.35. The van der Waals surface area contributed by atoms with Crippen LogP contribution in [0.2, 0.25) is 0 Å². The zero-order valence-corrected chi connectivity index (χ0v) is 10.8. The number of likely N-dealkylation sites (tertiary alicyclic amines) is 1. The molecule has 2 nitrogen and oxygen atoms in total. The van der Waals surface area contributed by atoms with Crippen molar-refractivity contribution in [2.45, 2.75) is 38.3 Å². The van der Waals surface area contributed by atoms with Crippen molar-refractivity contribution in [1.82, 2.24) is 4.90 Å². The fourth-order valence-corrected chi connectivity index (χ4v) is 2.72. The van der Waals surface area contributed by atoms with E-state index in [-0.39, 0.29) is 0 Å². The monoisotopic (exact) mass is 272 g/mol. The van der Waals surface area contributed by atoms with E-state index in [9.17, 15) is 13.2 Å². The Bertz CT molecular complexity index is 412. The summed E-state index contributed by atoms with van der Waals surface area (Å²) in [5, 5.41) is 0. The van der Waals surface area contributed by atoms with Gasteiger partial charge >= 0.3 is 0 Å². The lowest BCUT2D eigenvalue weighted by Crippen LogP contribution is -2.40. The van der Waals surface area contributed by atoms with Crippen LogP contribution in [0.5, 0.6) is 0 Å². The van der Waals surface area contributed by atoms with Crippen LogP contribution in [0.15, 0.2) is 12.1 Å². The van der Waals surface area contributed by atoms with Crippen molar-refractivity contribution in [2.75, 3.05) is 13.1 Å². The first-order chi connectivity index (χ1) is 9.11. The molecule has 1 aromatic carbocycles. The third-order valence-electron chi connectivity index (χ3n) is 3.68. The molecule has 1 aliphatic heterocycles. The third-order valence-corrected chi connectivity index (χ3v) is 3.68. The van der Waals surface area contributed by atoms with Gasteiger partial charge in [0.1, 0.15) is 0 Å². The maximum Gasteiger partial charge on any atom is 0.194 e. The van der Waals surface area contributed by atoms with Crippen LogP contribution in [-0.2, 0) is 6.54 Å². The lowest BCUT2D eigenvalue weighted by atomic mass is 9.98. The zero-order chi connectivity index (χ0) is 13.8. The van der Waals surface area contributed by atoms with Crippen LogP contribution in [0.3, 0.4) is 0 Å². The number of hydrogen-bond acceptors (Lipinski definition) is 2. The molecule has 2 N–H and O–H groups in total. The van der Waals surface area contributed by atoms with Gasteiger partial charge in [-0.15, -0.1) is 0 Å². The molecule has 2 rings (SSSR count). The number of benzene rings is 1. The molecule has 106 valence electrons. The number of hydrogen-bond donors (Lipinski definition) is 1. The smallest absolute Gasteiger partial charge is 0.194 e. The highest BCUT2D eigenvalue weighted by atomic mass is 19.2. The molecule has 5 heteroatoms. The molecule has 1 aromatic rings. The normalized spacial score (nSPS) is 20.7. The first-order valence-electron chi connectivity index (χ1n) is 6.69. The number of nitrogens with two attached hydrogens (primary N) is 1. The van der Waals surface area contributed by atoms with Crippen LogP contribution in [0.1, 0.15) is 31.2 Å². The van der Waals surface area contributed by atoms with E-state index < -0.39 is 17.5 Å². The van der Waals surface area contributed by atoms with Crippen molar-refractivity contribution in [3.8, 4) is 0 Å². The number of rotatable bonds is 4. The van der Waals surface area contributed by atoms with Gasteiger partial charge in [0.05, 0.1) is 0 Å². The van der Waals surface area contributed by atoms with Crippen LogP contribution < -0.4 is 5.73 Å². The molecule has 1 atom stereocenters. The Morgan fingerprint density at radius 3 is 2.47 bits per heavy atom. The Morgan fingerprint density at radius 1 is 1.16 bits per heavy atom. The number of nitrogens with zero attached hydrogens (tertiary/aromatic N) is 1. The molecular weight excluding hydrogens is 253 g/mol. The summed E-state index contributed by atoms with van der Waals surface area (Å²) < 4.78 is 39.3. The molecule has 0 amide bonds. The Labute approximate surface area is 111 Å². The topological polar surface area (TPSA) is 29.3 Å². The second kappa shape index (κ2) is 6.39. The summed E-state index contributed by atoms with van der Waals surface area (Å²) in [7, 11) is 0. The zero-order valence-electron chi connectivity index (χ0n) is 10.8. The minimum Gasteiger partial charge on any atom is -0.330 e. The molecule has 1 unspecified atom stereocenters. The molecular formula is C14H19F3N2. The van der Waals surface area contributed by atoms with Gasteiger partial charge in [0.25, 0.3) is 0 Å². The summed E-state index contributed by atoms with van der Waals surface area (Å²) in [5.41, 5.74) is 6.06. The quantitative estimate of drug-likeness (QED) is 0.854. The molecule has 0 spiro atoms. The average Bonchev–Trinajstić information content (AvgIpc) is 2.38. The minimum atomic E-state index is -1.40. The Morgan fingerprint density at radius 2 is 1.84 bits per heavy atom. The second-order valence-corrected chi connectivity index (χ2v) is 5.07. The maximum atomic E-state index is 13.2. The van der Waals surface area contributed by atoms with Crippen molar-refractivity contribution >= 4 is 0 Å². The first-order valence-corrected chi connectivity index (χ1v) is 6.69. The van der Waals surface area contributed by atoms with Crippen LogP contribution in [-0.4, -0.2) is 24.0 Å². The van der Waals surface area contributed by atoms with Crippen molar-refractivity contribution in [3.05, 3.63) is 35.1 Å². The predicted octanol–water partition coefficient (Wildman–Crippen LogP) is 2.81. The van der Waals surface area contributed by atoms with Crippen molar-refractivity contribution in [1.29, 1.82) is 0 Å². The number of halogens is 3. The van der Waals surface area contributed by atoms with Crippen LogP contribution in [0.25, 0.3) is 0 Å². The molecule has 19 heavy (non-hydrogen) atoms.